The van der Waals surface area contributed by atoms with Crippen LogP contribution in [0.3, 0.4) is 0 Å². The molecule has 0 aromatic heterocycles. The summed E-state index contributed by atoms with van der Waals surface area (Å²) in [4.78, 5) is 17.2. The predicted molar refractivity (Wildman–Crippen MR) is 77.5 cm³/mol. The minimum absolute atomic E-state index is 0.0185. The summed E-state index contributed by atoms with van der Waals surface area (Å²) in [6, 6.07) is 0.206. The molecule has 3 rings (SSSR count). The average Bonchev–Trinajstić information content (AvgIpc) is 3.15. The van der Waals surface area contributed by atoms with Crippen LogP contribution in [0.5, 0.6) is 0 Å². The second-order valence-electron chi connectivity index (χ2n) is 6.38. The van der Waals surface area contributed by atoms with Crippen LogP contribution in [0, 0.1) is 11.8 Å². The van der Waals surface area contributed by atoms with Gasteiger partial charge in [0.05, 0.1) is 19.1 Å². The number of carbonyl (C=O) groups is 1. The lowest BCUT2D eigenvalue weighted by atomic mass is 10.0. The first-order chi connectivity index (χ1) is 9.78. The first-order valence-corrected chi connectivity index (χ1v) is 8.10. The van der Waals surface area contributed by atoms with Gasteiger partial charge in [-0.25, -0.2) is 0 Å². The van der Waals surface area contributed by atoms with Crippen molar-refractivity contribution in [2.75, 3.05) is 52.5 Å². The number of nitrogens with one attached hydrogen (secondary N) is 1. The van der Waals surface area contributed by atoms with E-state index in [-0.39, 0.29) is 12.0 Å². The summed E-state index contributed by atoms with van der Waals surface area (Å²) in [5.41, 5.74) is 0. The third kappa shape index (κ3) is 3.32. The molecule has 0 radical (unpaired) electrons. The van der Waals surface area contributed by atoms with Gasteiger partial charge in [-0.05, 0) is 25.3 Å². The van der Waals surface area contributed by atoms with Gasteiger partial charge in [0.15, 0.2) is 0 Å². The molecule has 1 amide bonds. The minimum atomic E-state index is 0.0185. The molecule has 0 aromatic carbocycles. The van der Waals surface area contributed by atoms with Gasteiger partial charge in [0.25, 0.3) is 0 Å². The molecule has 0 aromatic rings. The molecule has 3 fully saturated rings. The Balaban J connectivity index is 1.47. The number of likely N-dealkylation sites (N-methyl/N-ethyl adjacent to an activating group) is 1. The zero-order valence-corrected chi connectivity index (χ0v) is 12.5. The van der Waals surface area contributed by atoms with Crippen LogP contribution in [0.15, 0.2) is 0 Å². The summed E-state index contributed by atoms with van der Waals surface area (Å²) in [6.45, 7) is 9.34. The zero-order chi connectivity index (χ0) is 13.9. The Morgan fingerprint density at radius 3 is 2.60 bits per heavy atom. The van der Waals surface area contributed by atoms with Crippen molar-refractivity contribution in [3.8, 4) is 0 Å². The first kappa shape index (κ1) is 14.3. The van der Waals surface area contributed by atoms with E-state index in [9.17, 15) is 4.79 Å². The number of rotatable bonds is 5. The summed E-state index contributed by atoms with van der Waals surface area (Å²) < 4.78 is 5.50. The molecule has 2 atom stereocenters. The second-order valence-corrected chi connectivity index (χ2v) is 6.38. The number of ether oxygens (including phenoxy) is 1. The molecule has 1 N–H and O–H groups in total. The second kappa shape index (κ2) is 6.41. The van der Waals surface area contributed by atoms with Gasteiger partial charge in [-0.15, -0.1) is 0 Å². The Morgan fingerprint density at radius 2 is 1.95 bits per heavy atom. The molecule has 114 valence electrons. The average molecular weight is 281 g/mol. The third-order valence-corrected chi connectivity index (χ3v) is 4.76. The van der Waals surface area contributed by atoms with Crippen LogP contribution < -0.4 is 5.32 Å². The first-order valence-electron chi connectivity index (χ1n) is 8.10. The van der Waals surface area contributed by atoms with E-state index in [1.54, 1.807) is 0 Å². The van der Waals surface area contributed by atoms with Gasteiger partial charge in [-0.3, -0.25) is 9.69 Å². The molecule has 2 heterocycles. The van der Waals surface area contributed by atoms with Crippen LogP contribution in [0.1, 0.15) is 19.8 Å². The van der Waals surface area contributed by atoms with E-state index >= 15 is 0 Å². The minimum Gasteiger partial charge on any atom is -0.379 e. The van der Waals surface area contributed by atoms with Crippen molar-refractivity contribution in [2.45, 2.75) is 25.8 Å². The lowest BCUT2D eigenvalue weighted by Crippen LogP contribution is -2.53. The highest BCUT2D eigenvalue weighted by Crippen LogP contribution is 2.30. The van der Waals surface area contributed by atoms with Crippen LogP contribution in [0.25, 0.3) is 0 Å². The maximum Gasteiger partial charge on any atom is 0.229 e. The van der Waals surface area contributed by atoms with Crippen molar-refractivity contribution >= 4 is 5.91 Å². The predicted octanol–water partition coefficient (Wildman–Crippen LogP) is 0.165. The van der Waals surface area contributed by atoms with E-state index in [2.05, 4.69) is 17.1 Å². The van der Waals surface area contributed by atoms with Crippen LogP contribution in [-0.2, 0) is 9.53 Å². The molecule has 5 nitrogen and oxygen atoms in total. The van der Waals surface area contributed by atoms with Crippen molar-refractivity contribution in [2.24, 2.45) is 11.8 Å². The van der Waals surface area contributed by atoms with E-state index in [1.807, 2.05) is 4.90 Å². The number of hydrogen-bond donors (Lipinski definition) is 1. The van der Waals surface area contributed by atoms with Gasteiger partial charge in [0, 0.05) is 38.8 Å². The van der Waals surface area contributed by atoms with Gasteiger partial charge in [0.2, 0.25) is 5.91 Å². The molecular weight excluding hydrogens is 254 g/mol. The van der Waals surface area contributed by atoms with Crippen molar-refractivity contribution in [3.05, 3.63) is 0 Å². The monoisotopic (exact) mass is 281 g/mol. The van der Waals surface area contributed by atoms with Gasteiger partial charge in [-0.1, -0.05) is 6.92 Å². The topological polar surface area (TPSA) is 44.8 Å². The lowest BCUT2D eigenvalue weighted by molar-refractivity contribution is -0.137. The molecule has 3 aliphatic rings. The van der Waals surface area contributed by atoms with Crippen LogP contribution >= 0.6 is 0 Å². The van der Waals surface area contributed by atoms with Crippen molar-refractivity contribution in [1.82, 2.24) is 15.1 Å². The van der Waals surface area contributed by atoms with Gasteiger partial charge in [-0.2, -0.15) is 0 Å². The maximum absolute atomic E-state index is 12.6. The number of nitrogens with zero attached hydrogens (tertiary/aromatic N) is 2. The van der Waals surface area contributed by atoms with Gasteiger partial charge >= 0.3 is 0 Å². The number of piperazine rings is 1. The fourth-order valence-electron chi connectivity index (χ4n) is 3.31. The molecule has 5 heteroatoms. The van der Waals surface area contributed by atoms with E-state index in [0.29, 0.717) is 19.1 Å². The molecule has 1 saturated carbocycles. The van der Waals surface area contributed by atoms with E-state index in [0.717, 1.165) is 38.6 Å². The standard InChI is InChI=1S/C15H27N3O2/c1-2-16-14-11-20-10-13(14)15(19)18-7-5-17(6-8-18)9-12-3-4-12/h12-14,16H,2-11H2,1H3. The Morgan fingerprint density at radius 1 is 1.20 bits per heavy atom. The summed E-state index contributed by atoms with van der Waals surface area (Å²) in [5.74, 6) is 1.25. The summed E-state index contributed by atoms with van der Waals surface area (Å²) in [5, 5.41) is 3.37. The third-order valence-electron chi connectivity index (χ3n) is 4.76. The quantitative estimate of drug-likeness (QED) is 0.780. The van der Waals surface area contributed by atoms with Crippen molar-refractivity contribution in [1.29, 1.82) is 0 Å². The SMILES string of the molecule is CCNC1COCC1C(=O)N1CCN(CC2CC2)CC1. The van der Waals surface area contributed by atoms with E-state index in [4.69, 9.17) is 4.74 Å². The number of amides is 1. The van der Waals surface area contributed by atoms with E-state index < -0.39 is 0 Å². The van der Waals surface area contributed by atoms with Crippen molar-refractivity contribution < 1.29 is 9.53 Å². The normalized spacial score (nSPS) is 31.8. The zero-order valence-electron chi connectivity index (χ0n) is 12.5. The molecule has 2 saturated heterocycles. The fourth-order valence-corrected chi connectivity index (χ4v) is 3.31. The molecule has 1 aliphatic carbocycles. The lowest BCUT2D eigenvalue weighted by Gasteiger charge is -2.36. The highest BCUT2D eigenvalue weighted by molar-refractivity contribution is 5.80. The Labute approximate surface area is 121 Å². The Kier molecular flexibility index (Phi) is 4.58. The Hall–Kier alpha value is -0.650. The molecule has 2 unspecified atom stereocenters. The summed E-state index contributed by atoms with van der Waals surface area (Å²) in [6.07, 6.45) is 2.81. The maximum atomic E-state index is 12.6. The molecule has 0 spiro atoms. The Bertz CT molecular complexity index is 338. The molecule has 20 heavy (non-hydrogen) atoms. The van der Waals surface area contributed by atoms with Crippen molar-refractivity contribution in [3.63, 3.8) is 0 Å². The molecular formula is C15H27N3O2. The molecule has 2 aliphatic heterocycles. The highest BCUT2D eigenvalue weighted by Gasteiger charge is 2.37. The van der Waals surface area contributed by atoms with E-state index in [1.165, 1.54) is 19.4 Å². The summed E-state index contributed by atoms with van der Waals surface area (Å²) >= 11 is 0. The van der Waals surface area contributed by atoms with Gasteiger partial charge in [0.1, 0.15) is 0 Å². The summed E-state index contributed by atoms with van der Waals surface area (Å²) in [7, 11) is 0. The molecule has 0 bridgehead atoms. The largest absolute Gasteiger partial charge is 0.379 e. The van der Waals surface area contributed by atoms with Gasteiger partial charge < -0.3 is 15.0 Å². The van der Waals surface area contributed by atoms with Crippen LogP contribution in [0.4, 0.5) is 0 Å². The smallest absolute Gasteiger partial charge is 0.229 e. The fraction of sp³-hybridized carbons (Fsp3) is 0.933. The van der Waals surface area contributed by atoms with Crippen LogP contribution in [0.2, 0.25) is 0 Å². The van der Waals surface area contributed by atoms with Crippen LogP contribution in [-0.4, -0.2) is 74.2 Å². The number of carbonyl (C=O) groups excluding carboxylic acids is 1. The number of hydrogen-bond acceptors (Lipinski definition) is 4. The highest BCUT2D eigenvalue weighted by atomic mass is 16.5.